The minimum Gasteiger partial charge on any atom is -0.309 e. The molecule has 1 saturated carbocycles. The molecule has 3 rings (SSSR count). The number of nitrogens with zero attached hydrogens (tertiary/aromatic N) is 2. The van der Waals surface area contributed by atoms with Crippen LogP contribution in [-0.2, 0) is 23.1 Å². The van der Waals surface area contributed by atoms with Crippen LogP contribution in [0.2, 0.25) is 0 Å². The molecular weight excluding hydrogens is 298 g/mol. The van der Waals surface area contributed by atoms with Crippen molar-refractivity contribution in [3.63, 3.8) is 0 Å². The van der Waals surface area contributed by atoms with Gasteiger partial charge in [0.2, 0.25) is 10.0 Å². The number of H-pyrrole nitrogens is 1. The van der Waals surface area contributed by atoms with Crippen LogP contribution in [0.4, 0.5) is 0 Å². The molecule has 108 valence electrons. The fourth-order valence-electron chi connectivity index (χ4n) is 1.68. The van der Waals surface area contributed by atoms with Crippen LogP contribution in [0.1, 0.15) is 23.5 Å². The summed E-state index contributed by atoms with van der Waals surface area (Å²) in [6.45, 7) is 0.836. The number of rotatable bonds is 7. The van der Waals surface area contributed by atoms with E-state index in [0.29, 0.717) is 16.1 Å². The third kappa shape index (κ3) is 3.42. The highest BCUT2D eigenvalue weighted by molar-refractivity contribution is 7.91. The van der Waals surface area contributed by atoms with Crippen molar-refractivity contribution >= 4 is 21.4 Å². The van der Waals surface area contributed by atoms with Gasteiger partial charge in [-0.2, -0.15) is 5.10 Å². The van der Waals surface area contributed by atoms with E-state index in [1.165, 1.54) is 30.5 Å². The van der Waals surface area contributed by atoms with Crippen molar-refractivity contribution in [2.75, 3.05) is 0 Å². The second kappa shape index (κ2) is 5.60. The summed E-state index contributed by atoms with van der Waals surface area (Å²) in [7, 11) is -3.49. The Bertz CT molecular complexity index is 661. The SMILES string of the molecule is O=S(=O)(NCc1ncn[nH]1)c1ccc(CNC2CC2)s1. The number of thiophene rings is 1. The van der Waals surface area contributed by atoms with Crippen LogP contribution in [0.25, 0.3) is 0 Å². The normalized spacial score (nSPS) is 15.6. The molecule has 2 heterocycles. The fourth-order valence-corrected chi connectivity index (χ4v) is 4.02. The molecule has 0 atom stereocenters. The van der Waals surface area contributed by atoms with Crippen LogP contribution in [-0.4, -0.2) is 29.6 Å². The van der Waals surface area contributed by atoms with Gasteiger partial charge in [-0.25, -0.2) is 18.1 Å². The standard InChI is InChI=1S/C11H15N5O2S2/c17-20(18,15-6-10-13-7-14-16-10)11-4-3-9(19-11)5-12-8-1-2-8/h3-4,7-8,12,15H,1-2,5-6H2,(H,13,14,16). The highest BCUT2D eigenvalue weighted by Gasteiger charge is 2.21. The lowest BCUT2D eigenvalue weighted by Crippen LogP contribution is -2.23. The van der Waals surface area contributed by atoms with Gasteiger partial charge in [-0.1, -0.05) is 0 Å². The maximum atomic E-state index is 12.1. The van der Waals surface area contributed by atoms with Crippen LogP contribution < -0.4 is 10.0 Å². The molecule has 0 unspecified atom stereocenters. The van der Waals surface area contributed by atoms with Crippen molar-refractivity contribution in [2.24, 2.45) is 0 Å². The number of nitrogens with one attached hydrogen (secondary N) is 3. The minimum absolute atomic E-state index is 0.107. The van der Waals surface area contributed by atoms with E-state index in [1.807, 2.05) is 6.07 Å². The molecule has 3 N–H and O–H groups in total. The maximum absolute atomic E-state index is 12.1. The molecule has 0 spiro atoms. The van der Waals surface area contributed by atoms with E-state index >= 15 is 0 Å². The Morgan fingerprint density at radius 2 is 2.20 bits per heavy atom. The van der Waals surface area contributed by atoms with Crippen LogP contribution in [0.3, 0.4) is 0 Å². The first-order chi connectivity index (χ1) is 9.63. The lowest BCUT2D eigenvalue weighted by molar-refractivity contribution is 0.581. The molecule has 0 aliphatic heterocycles. The number of aromatic amines is 1. The monoisotopic (exact) mass is 313 g/mol. The fraction of sp³-hybridized carbons (Fsp3) is 0.455. The lowest BCUT2D eigenvalue weighted by atomic mass is 10.4. The first-order valence-corrected chi connectivity index (χ1v) is 8.59. The van der Waals surface area contributed by atoms with E-state index in [9.17, 15) is 8.42 Å². The summed E-state index contributed by atoms with van der Waals surface area (Å²) in [6, 6.07) is 4.10. The smallest absolute Gasteiger partial charge is 0.250 e. The highest BCUT2D eigenvalue weighted by atomic mass is 32.2. The molecule has 0 bridgehead atoms. The Morgan fingerprint density at radius 1 is 1.35 bits per heavy atom. The highest BCUT2D eigenvalue weighted by Crippen LogP contribution is 2.24. The van der Waals surface area contributed by atoms with Crippen LogP contribution in [0.15, 0.2) is 22.7 Å². The van der Waals surface area contributed by atoms with Crippen molar-refractivity contribution in [1.29, 1.82) is 0 Å². The van der Waals surface area contributed by atoms with E-state index in [2.05, 4.69) is 25.2 Å². The van der Waals surface area contributed by atoms with Gasteiger partial charge in [0.05, 0.1) is 6.54 Å². The average molecular weight is 313 g/mol. The van der Waals surface area contributed by atoms with E-state index in [-0.39, 0.29) is 6.54 Å². The van der Waals surface area contributed by atoms with Gasteiger partial charge in [-0.3, -0.25) is 5.10 Å². The Labute approximate surface area is 120 Å². The van der Waals surface area contributed by atoms with Crippen molar-refractivity contribution in [3.05, 3.63) is 29.2 Å². The number of hydrogen-bond donors (Lipinski definition) is 3. The Morgan fingerprint density at radius 3 is 2.90 bits per heavy atom. The molecular formula is C11H15N5O2S2. The summed E-state index contributed by atoms with van der Waals surface area (Å²) in [5, 5.41) is 9.65. The third-order valence-corrected chi connectivity index (χ3v) is 5.92. The molecule has 2 aromatic heterocycles. The first kappa shape index (κ1) is 13.7. The van der Waals surface area contributed by atoms with Gasteiger partial charge in [0, 0.05) is 17.5 Å². The van der Waals surface area contributed by atoms with Crippen molar-refractivity contribution < 1.29 is 8.42 Å². The second-order valence-electron chi connectivity index (χ2n) is 4.63. The van der Waals surface area contributed by atoms with Crippen molar-refractivity contribution in [1.82, 2.24) is 25.2 Å². The summed E-state index contributed by atoms with van der Waals surface area (Å²) >= 11 is 1.29. The molecule has 9 heteroatoms. The van der Waals surface area contributed by atoms with Gasteiger partial charge in [0.1, 0.15) is 16.4 Å². The zero-order valence-electron chi connectivity index (χ0n) is 10.7. The van der Waals surface area contributed by atoms with Crippen molar-refractivity contribution in [2.45, 2.75) is 36.2 Å². The average Bonchev–Trinajstić information content (AvgIpc) is 2.94. The van der Waals surface area contributed by atoms with Crippen LogP contribution in [0, 0.1) is 0 Å². The van der Waals surface area contributed by atoms with E-state index < -0.39 is 10.0 Å². The second-order valence-corrected chi connectivity index (χ2v) is 7.79. The largest absolute Gasteiger partial charge is 0.309 e. The van der Waals surface area contributed by atoms with Crippen molar-refractivity contribution in [3.8, 4) is 0 Å². The lowest BCUT2D eigenvalue weighted by Gasteiger charge is -2.02. The van der Waals surface area contributed by atoms with Crippen LogP contribution in [0.5, 0.6) is 0 Å². The summed E-state index contributed by atoms with van der Waals surface area (Å²) in [4.78, 5) is 4.90. The van der Waals surface area contributed by atoms with Gasteiger partial charge in [0.25, 0.3) is 0 Å². The minimum atomic E-state index is -3.49. The molecule has 1 aliphatic carbocycles. The summed E-state index contributed by atoms with van der Waals surface area (Å²) < 4.78 is 27.0. The Hall–Kier alpha value is -1.29. The number of hydrogen-bond acceptors (Lipinski definition) is 6. The quantitative estimate of drug-likeness (QED) is 0.695. The van der Waals surface area contributed by atoms with Crippen LogP contribution >= 0.6 is 11.3 Å². The van der Waals surface area contributed by atoms with E-state index in [0.717, 1.165) is 11.4 Å². The first-order valence-electron chi connectivity index (χ1n) is 6.29. The topological polar surface area (TPSA) is 99.8 Å². The Kier molecular flexibility index (Phi) is 3.83. The molecule has 2 aromatic rings. The number of aromatic nitrogens is 3. The van der Waals surface area contributed by atoms with Gasteiger partial charge in [-0.05, 0) is 25.0 Å². The zero-order valence-corrected chi connectivity index (χ0v) is 12.3. The molecule has 0 radical (unpaired) electrons. The predicted octanol–water partition coefficient (Wildman–Crippen LogP) is 0.597. The maximum Gasteiger partial charge on any atom is 0.250 e. The molecule has 0 saturated heterocycles. The summed E-state index contributed by atoms with van der Waals surface area (Å²) in [6.07, 6.45) is 3.78. The van der Waals surface area contributed by atoms with Gasteiger partial charge >= 0.3 is 0 Å². The molecule has 1 aliphatic rings. The molecule has 20 heavy (non-hydrogen) atoms. The molecule has 0 amide bonds. The molecule has 7 nitrogen and oxygen atoms in total. The van der Waals surface area contributed by atoms with E-state index in [4.69, 9.17) is 0 Å². The van der Waals surface area contributed by atoms with E-state index in [1.54, 1.807) is 6.07 Å². The zero-order chi connectivity index (χ0) is 14.0. The number of sulfonamides is 1. The summed E-state index contributed by atoms with van der Waals surface area (Å²) in [5.74, 6) is 0.487. The molecule has 1 fully saturated rings. The predicted molar refractivity (Wildman–Crippen MR) is 74.6 cm³/mol. The van der Waals surface area contributed by atoms with Gasteiger partial charge in [0.15, 0.2) is 0 Å². The van der Waals surface area contributed by atoms with Gasteiger partial charge in [-0.15, -0.1) is 11.3 Å². The Balaban J connectivity index is 1.61. The third-order valence-electron chi connectivity index (χ3n) is 2.94. The molecule has 0 aromatic carbocycles. The van der Waals surface area contributed by atoms with Gasteiger partial charge < -0.3 is 5.32 Å². The summed E-state index contributed by atoms with van der Waals surface area (Å²) in [5.41, 5.74) is 0.